The van der Waals surface area contributed by atoms with Crippen LogP contribution in [0, 0.1) is 12.7 Å². The van der Waals surface area contributed by atoms with E-state index in [1.165, 1.54) is 6.07 Å². The molecule has 1 amide bonds. The maximum atomic E-state index is 13.5. The Kier molecular flexibility index (Phi) is 5.57. The predicted molar refractivity (Wildman–Crippen MR) is 87.9 cm³/mol. The van der Waals surface area contributed by atoms with Crippen molar-refractivity contribution < 1.29 is 18.7 Å². The van der Waals surface area contributed by atoms with Gasteiger partial charge in [0.1, 0.15) is 5.82 Å². The van der Waals surface area contributed by atoms with Crippen LogP contribution in [0.25, 0.3) is 0 Å². The van der Waals surface area contributed by atoms with E-state index in [9.17, 15) is 9.18 Å². The van der Waals surface area contributed by atoms with Gasteiger partial charge in [0.15, 0.2) is 11.5 Å². The third kappa shape index (κ3) is 4.22. The Morgan fingerprint density at radius 2 is 1.74 bits per heavy atom. The molecule has 0 aliphatic carbocycles. The molecule has 0 aliphatic heterocycles. The molecule has 1 N–H and O–H groups in total. The van der Waals surface area contributed by atoms with E-state index in [4.69, 9.17) is 9.47 Å². The maximum absolute atomic E-state index is 13.5. The summed E-state index contributed by atoms with van der Waals surface area (Å²) >= 11 is 0. The number of ether oxygens (including phenoxy) is 2. The van der Waals surface area contributed by atoms with Crippen LogP contribution in [-0.4, -0.2) is 19.1 Å². The second-order valence-corrected chi connectivity index (χ2v) is 4.95. The van der Waals surface area contributed by atoms with Crippen molar-refractivity contribution in [1.29, 1.82) is 0 Å². The summed E-state index contributed by atoms with van der Waals surface area (Å²) in [5, 5.41) is 2.67. The molecule has 0 aliphatic rings. The largest absolute Gasteiger partial charge is 0.490 e. The van der Waals surface area contributed by atoms with E-state index in [-0.39, 0.29) is 11.7 Å². The zero-order valence-electron chi connectivity index (χ0n) is 13.5. The van der Waals surface area contributed by atoms with Gasteiger partial charge in [-0.2, -0.15) is 0 Å². The summed E-state index contributed by atoms with van der Waals surface area (Å²) < 4.78 is 24.5. The highest BCUT2D eigenvalue weighted by atomic mass is 19.1. The molecule has 2 aromatic rings. The number of halogens is 1. The highest BCUT2D eigenvalue weighted by Crippen LogP contribution is 2.29. The van der Waals surface area contributed by atoms with Gasteiger partial charge >= 0.3 is 0 Å². The van der Waals surface area contributed by atoms with Gasteiger partial charge in [0.05, 0.1) is 13.2 Å². The highest BCUT2D eigenvalue weighted by Gasteiger charge is 2.12. The van der Waals surface area contributed by atoms with E-state index >= 15 is 0 Å². The van der Waals surface area contributed by atoms with Crippen LogP contribution in [-0.2, 0) is 0 Å². The Balaban J connectivity index is 2.21. The summed E-state index contributed by atoms with van der Waals surface area (Å²) in [5.41, 5.74) is 1.35. The molecule has 0 fully saturated rings. The minimum Gasteiger partial charge on any atom is -0.490 e. The lowest BCUT2D eigenvalue weighted by Gasteiger charge is -2.12. The molecule has 4 nitrogen and oxygen atoms in total. The predicted octanol–water partition coefficient (Wildman–Crippen LogP) is 4.18. The first-order valence-electron chi connectivity index (χ1n) is 7.52. The molecule has 23 heavy (non-hydrogen) atoms. The molecular formula is C18H20FNO3. The van der Waals surface area contributed by atoms with Crippen molar-refractivity contribution in [3.8, 4) is 11.5 Å². The van der Waals surface area contributed by atoms with Crippen molar-refractivity contribution >= 4 is 11.6 Å². The molecule has 0 bridgehead atoms. The standard InChI is InChI=1S/C18H20FNO3/c1-4-22-16-9-7-13(10-17(16)23-5-2)18(21)20-14-8-6-12(3)15(19)11-14/h6-11H,4-5H2,1-3H3,(H,20,21). The van der Waals surface area contributed by atoms with Crippen molar-refractivity contribution in [3.05, 3.63) is 53.3 Å². The van der Waals surface area contributed by atoms with Crippen LogP contribution in [0.1, 0.15) is 29.8 Å². The molecule has 0 atom stereocenters. The summed E-state index contributed by atoms with van der Waals surface area (Å²) in [7, 11) is 0. The van der Waals surface area contributed by atoms with Gasteiger partial charge in [0.2, 0.25) is 0 Å². The lowest BCUT2D eigenvalue weighted by atomic mass is 10.1. The topological polar surface area (TPSA) is 47.6 Å². The Morgan fingerprint density at radius 1 is 1.04 bits per heavy atom. The number of rotatable bonds is 6. The molecule has 2 rings (SSSR count). The summed E-state index contributed by atoms with van der Waals surface area (Å²) in [6.07, 6.45) is 0. The van der Waals surface area contributed by atoms with Gasteiger partial charge in [0.25, 0.3) is 5.91 Å². The van der Waals surface area contributed by atoms with E-state index in [2.05, 4.69) is 5.32 Å². The van der Waals surface area contributed by atoms with Crippen LogP contribution < -0.4 is 14.8 Å². The SMILES string of the molecule is CCOc1ccc(C(=O)Nc2ccc(C)c(F)c2)cc1OCC. The van der Waals surface area contributed by atoms with Gasteiger partial charge in [0, 0.05) is 11.3 Å². The Bertz CT molecular complexity index is 701. The summed E-state index contributed by atoms with van der Waals surface area (Å²) in [6.45, 7) is 6.38. The van der Waals surface area contributed by atoms with Crippen LogP contribution in [0.5, 0.6) is 11.5 Å². The zero-order valence-corrected chi connectivity index (χ0v) is 13.5. The third-order valence-electron chi connectivity index (χ3n) is 3.24. The summed E-state index contributed by atoms with van der Waals surface area (Å²) in [4.78, 5) is 12.3. The van der Waals surface area contributed by atoms with Gasteiger partial charge in [-0.25, -0.2) is 4.39 Å². The summed E-state index contributed by atoms with van der Waals surface area (Å²) in [6, 6.07) is 9.54. The Morgan fingerprint density at radius 3 is 2.39 bits per heavy atom. The maximum Gasteiger partial charge on any atom is 0.255 e. The monoisotopic (exact) mass is 317 g/mol. The van der Waals surface area contributed by atoms with E-state index in [0.29, 0.717) is 41.5 Å². The fourth-order valence-corrected chi connectivity index (χ4v) is 2.07. The number of nitrogens with one attached hydrogen (secondary N) is 1. The first kappa shape index (κ1) is 16.8. The number of carbonyl (C=O) groups excluding carboxylic acids is 1. The van der Waals surface area contributed by atoms with Gasteiger partial charge in [-0.15, -0.1) is 0 Å². The van der Waals surface area contributed by atoms with Crippen LogP contribution in [0.2, 0.25) is 0 Å². The first-order valence-corrected chi connectivity index (χ1v) is 7.52. The normalized spacial score (nSPS) is 10.3. The molecule has 0 saturated heterocycles. The molecule has 5 heteroatoms. The van der Waals surface area contributed by atoms with E-state index < -0.39 is 0 Å². The number of benzene rings is 2. The average molecular weight is 317 g/mol. The van der Waals surface area contributed by atoms with E-state index in [0.717, 1.165) is 0 Å². The third-order valence-corrected chi connectivity index (χ3v) is 3.24. The average Bonchev–Trinajstić information content (AvgIpc) is 2.53. The number of aryl methyl sites for hydroxylation is 1. The lowest BCUT2D eigenvalue weighted by Crippen LogP contribution is -2.12. The zero-order chi connectivity index (χ0) is 16.8. The van der Waals surface area contributed by atoms with Crippen LogP contribution in [0.15, 0.2) is 36.4 Å². The van der Waals surface area contributed by atoms with Gasteiger partial charge in [-0.05, 0) is 56.7 Å². The minimum absolute atomic E-state index is 0.336. The molecule has 0 aromatic heterocycles. The van der Waals surface area contributed by atoms with Gasteiger partial charge in [-0.1, -0.05) is 6.07 Å². The van der Waals surface area contributed by atoms with Crippen LogP contribution in [0.4, 0.5) is 10.1 Å². The fourth-order valence-electron chi connectivity index (χ4n) is 2.07. The number of hydrogen-bond acceptors (Lipinski definition) is 3. The molecule has 0 unspecified atom stereocenters. The van der Waals surface area contributed by atoms with Crippen molar-refractivity contribution in [3.63, 3.8) is 0 Å². The number of hydrogen-bond donors (Lipinski definition) is 1. The van der Waals surface area contributed by atoms with Crippen LogP contribution in [0.3, 0.4) is 0 Å². The number of amides is 1. The highest BCUT2D eigenvalue weighted by molar-refractivity contribution is 6.04. The molecule has 0 saturated carbocycles. The molecular weight excluding hydrogens is 297 g/mol. The summed E-state index contributed by atoms with van der Waals surface area (Å²) in [5.74, 6) is 0.408. The second-order valence-electron chi connectivity index (χ2n) is 4.95. The van der Waals surface area contributed by atoms with Gasteiger partial charge in [-0.3, -0.25) is 4.79 Å². The number of anilines is 1. The second kappa shape index (κ2) is 7.63. The molecule has 122 valence electrons. The number of carbonyl (C=O) groups is 1. The Labute approximate surface area is 135 Å². The van der Waals surface area contributed by atoms with Crippen LogP contribution >= 0.6 is 0 Å². The van der Waals surface area contributed by atoms with Crippen molar-refractivity contribution in [2.24, 2.45) is 0 Å². The molecule has 2 aromatic carbocycles. The van der Waals surface area contributed by atoms with E-state index in [1.807, 2.05) is 13.8 Å². The Hall–Kier alpha value is -2.56. The smallest absolute Gasteiger partial charge is 0.255 e. The first-order chi connectivity index (χ1) is 11.0. The minimum atomic E-state index is -0.357. The molecule has 0 heterocycles. The van der Waals surface area contributed by atoms with Gasteiger partial charge < -0.3 is 14.8 Å². The van der Waals surface area contributed by atoms with Crippen molar-refractivity contribution in [2.75, 3.05) is 18.5 Å². The van der Waals surface area contributed by atoms with E-state index in [1.54, 1.807) is 37.3 Å². The fraction of sp³-hybridized carbons (Fsp3) is 0.278. The van der Waals surface area contributed by atoms with Crippen molar-refractivity contribution in [2.45, 2.75) is 20.8 Å². The van der Waals surface area contributed by atoms with Crippen molar-refractivity contribution in [1.82, 2.24) is 0 Å². The molecule has 0 radical (unpaired) electrons. The quantitative estimate of drug-likeness (QED) is 0.869. The lowest BCUT2D eigenvalue weighted by molar-refractivity contribution is 0.102. The molecule has 0 spiro atoms.